The first kappa shape index (κ1) is 12.6. The summed E-state index contributed by atoms with van der Waals surface area (Å²) in [6, 6.07) is 0.350. The molecular weight excluding hydrogens is 216 g/mol. The minimum Gasteiger partial charge on any atom is -0.395 e. The maximum absolute atomic E-state index is 12.4. The fraction of sp³-hybridized carbons (Fsp3) is 0.769. The summed E-state index contributed by atoms with van der Waals surface area (Å²) < 4.78 is 0. The monoisotopic (exact) mass is 238 g/mol. The van der Waals surface area contributed by atoms with Crippen molar-refractivity contribution >= 4 is 5.91 Å². The van der Waals surface area contributed by atoms with Gasteiger partial charge in [-0.3, -0.25) is 4.79 Å². The molecule has 0 aromatic carbocycles. The van der Waals surface area contributed by atoms with Crippen LogP contribution in [0.5, 0.6) is 0 Å². The Morgan fingerprint density at radius 3 is 2.59 bits per heavy atom. The van der Waals surface area contributed by atoms with Gasteiger partial charge in [0.05, 0.1) is 12.5 Å². The van der Waals surface area contributed by atoms with E-state index in [1.807, 2.05) is 17.1 Å². The lowest BCUT2D eigenvalue weighted by Crippen LogP contribution is -2.43. The summed E-state index contributed by atoms with van der Waals surface area (Å²) in [5.41, 5.74) is 5.78. The Kier molecular flexibility index (Phi) is 4.18. The standard InChI is InChI=1S/C13H22N2O2/c14-11-6-5-10(9-11)13(17)15(7-8-16)12-3-1-2-4-12/h5-6,10-12,16H,1-4,7-9,14H2. The maximum atomic E-state index is 12.4. The number of carbonyl (C=O) groups excluding carboxylic acids is 1. The van der Waals surface area contributed by atoms with Gasteiger partial charge >= 0.3 is 0 Å². The van der Waals surface area contributed by atoms with Crippen molar-refractivity contribution in [3.63, 3.8) is 0 Å². The first-order valence-electron chi connectivity index (χ1n) is 6.57. The van der Waals surface area contributed by atoms with Crippen LogP contribution in [0.4, 0.5) is 0 Å². The largest absolute Gasteiger partial charge is 0.395 e. The van der Waals surface area contributed by atoms with Gasteiger partial charge in [-0.15, -0.1) is 0 Å². The van der Waals surface area contributed by atoms with E-state index in [4.69, 9.17) is 10.8 Å². The van der Waals surface area contributed by atoms with Crippen molar-refractivity contribution in [3.05, 3.63) is 12.2 Å². The summed E-state index contributed by atoms with van der Waals surface area (Å²) in [4.78, 5) is 14.3. The summed E-state index contributed by atoms with van der Waals surface area (Å²) in [7, 11) is 0. The molecule has 2 aliphatic carbocycles. The molecule has 0 radical (unpaired) electrons. The number of hydrogen-bond acceptors (Lipinski definition) is 3. The van der Waals surface area contributed by atoms with Crippen LogP contribution in [-0.2, 0) is 4.79 Å². The Bertz CT molecular complexity index is 298. The minimum atomic E-state index is -0.0721. The van der Waals surface area contributed by atoms with Gasteiger partial charge in [0.15, 0.2) is 0 Å². The molecule has 3 N–H and O–H groups in total. The predicted molar refractivity (Wildman–Crippen MR) is 66.3 cm³/mol. The Morgan fingerprint density at radius 1 is 1.35 bits per heavy atom. The quantitative estimate of drug-likeness (QED) is 0.707. The van der Waals surface area contributed by atoms with E-state index in [0.29, 0.717) is 19.0 Å². The fourth-order valence-electron chi connectivity index (χ4n) is 2.92. The zero-order chi connectivity index (χ0) is 12.3. The SMILES string of the molecule is NC1C=CC(C(=O)N(CCO)C2CCCC2)C1. The van der Waals surface area contributed by atoms with Gasteiger partial charge in [-0.2, -0.15) is 0 Å². The second-order valence-corrected chi connectivity index (χ2v) is 5.08. The third kappa shape index (κ3) is 2.87. The van der Waals surface area contributed by atoms with E-state index in [9.17, 15) is 4.79 Å². The minimum absolute atomic E-state index is 0.0171. The highest BCUT2D eigenvalue weighted by Gasteiger charge is 2.32. The molecule has 2 unspecified atom stereocenters. The highest BCUT2D eigenvalue weighted by atomic mass is 16.3. The van der Waals surface area contributed by atoms with Crippen molar-refractivity contribution in [3.8, 4) is 0 Å². The van der Waals surface area contributed by atoms with Crippen molar-refractivity contribution in [2.24, 2.45) is 11.7 Å². The zero-order valence-corrected chi connectivity index (χ0v) is 10.2. The van der Waals surface area contributed by atoms with Gasteiger partial charge in [-0.25, -0.2) is 0 Å². The molecule has 17 heavy (non-hydrogen) atoms. The molecule has 0 aromatic rings. The van der Waals surface area contributed by atoms with Crippen molar-refractivity contribution in [2.75, 3.05) is 13.2 Å². The Balaban J connectivity index is 1.99. The fourth-order valence-corrected chi connectivity index (χ4v) is 2.92. The average Bonchev–Trinajstić information content (AvgIpc) is 2.95. The number of amides is 1. The first-order valence-corrected chi connectivity index (χ1v) is 6.57. The van der Waals surface area contributed by atoms with E-state index < -0.39 is 0 Å². The molecule has 2 rings (SSSR count). The molecule has 0 saturated heterocycles. The number of hydrogen-bond donors (Lipinski definition) is 2. The number of nitrogens with zero attached hydrogens (tertiary/aromatic N) is 1. The molecule has 1 saturated carbocycles. The lowest BCUT2D eigenvalue weighted by Gasteiger charge is -2.30. The number of nitrogens with two attached hydrogens (primary N) is 1. The number of aliphatic hydroxyl groups is 1. The summed E-state index contributed by atoms with van der Waals surface area (Å²) in [5.74, 6) is 0.0762. The molecule has 0 aliphatic heterocycles. The third-order valence-corrected chi connectivity index (χ3v) is 3.82. The molecular formula is C13H22N2O2. The molecule has 2 aliphatic rings. The summed E-state index contributed by atoms with van der Waals surface area (Å²) >= 11 is 0. The van der Waals surface area contributed by atoms with Gasteiger partial charge in [-0.05, 0) is 19.3 Å². The van der Waals surface area contributed by atoms with Crippen LogP contribution in [0.2, 0.25) is 0 Å². The first-order chi connectivity index (χ1) is 8.22. The summed E-state index contributed by atoms with van der Waals surface area (Å²) in [6.07, 6.45) is 9.09. The van der Waals surface area contributed by atoms with E-state index in [1.54, 1.807) is 0 Å². The maximum Gasteiger partial charge on any atom is 0.229 e. The van der Waals surface area contributed by atoms with Crippen LogP contribution in [-0.4, -0.2) is 41.1 Å². The van der Waals surface area contributed by atoms with Crippen LogP contribution in [0.25, 0.3) is 0 Å². The van der Waals surface area contributed by atoms with Crippen LogP contribution in [0.15, 0.2) is 12.2 Å². The van der Waals surface area contributed by atoms with Crippen LogP contribution in [0.3, 0.4) is 0 Å². The molecule has 1 fully saturated rings. The molecule has 0 bridgehead atoms. The van der Waals surface area contributed by atoms with E-state index in [2.05, 4.69) is 0 Å². The Labute approximate surface area is 102 Å². The van der Waals surface area contributed by atoms with Crippen molar-refractivity contribution in [1.29, 1.82) is 0 Å². The van der Waals surface area contributed by atoms with E-state index >= 15 is 0 Å². The smallest absolute Gasteiger partial charge is 0.229 e. The Morgan fingerprint density at radius 2 is 2.06 bits per heavy atom. The van der Waals surface area contributed by atoms with Crippen molar-refractivity contribution < 1.29 is 9.90 Å². The molecule has 4 heteroatoms. The van der Waals surface area contributed by atoms with Gasteiger partial charge in [0.25, 0.3) is 0 Å². The van der Waals surface area contributed by atoms with E-state index in [0.717, 1.165) is 12.8 Å². The topological polar surface area (TPSA) is 66.6 Å². The lowest BCUT2D eigenvalue weighted by atomic mass is 10.0. The van der Waals surface area contributed by atoms with Gasteiger partial charge in [0.2, 0.25) is 5.91 Å². The molecule has 0 aromatic heterocycles. The highest BCUT2D eigenvalue weighted by Crippen LogP contribution is 2.27. The molecule has 1 amide bonds. The summed E-state index contributed by atoms with van der Waals surface area (Å²) in [6.45, 7) is 0.508. The average molecular weight is 238 g/mol. The highest BCUT2D eigenvalue weighted by molar-refractivity contribution is 5.81. The number of aliphatic hydroxyl groups excluding tert-OH is 1. The van der Waals surface area contributed by atoms with E-state index in [-0.39, 0.29) is 24.5 Å². The van der Waals surface area contributed by atoms with Crippen molar-refractivity contribution in [2.45, 2.75) is 44.2 Å². The Hall–Kier alpha value is -0.870. The zero-order valence-electron chi connectivity index (χ0n) is 10.2. The van der Waals surface area contributed by atoms with Gasteiger partial charge in [0, 0.05) is 18.6 Å². The van der Waals surface area contributed by atoms with E-state index in [1.165, 1.54) is 12.8 Å². The molecule has 96 valence electrons. The van der Waals surface area contributed by atoms with Gasteiger partial charge in [-0.1, -0.05) is 25.0 Å². The van der Waals surface area contributed by atoms with Crippen LogP contribution in [0.1, 0.15) is 32.1 Å². The predicted octanol–water partition coefficient (Wildman–Crippen LogP) is 0.653. The van der Waals surface area contributed by atoms with Crippen LogP contribution in [0, 0.1) is 5.92 Å². The molecule has 0 spiro atoms. The molecule has 2 atom stereocenters. The van der Waals surface area contributed by atoms with Crippen molar-refractivity contribution in [1.82, 2.24) is 4.90 Å². The number of rotatable bonds is 4. The molecule has 0 heterocycles. The van der Waals surface area contributed by atoms with Crippen LogP contribution >= 0.6 is 0 Å². The normalized spacial score (nSPS) is 28.8. The second kappa shape index (κ2) is 5.65. The summed E-state index contributed by atoms with van der Waals surface area (Å²) in [5, 5.41) is 9.10. The van der Waals surface area contributed by atoms with Crippen LogP contribution < -0.4 is 5.73 Å². The third-order valence-electron chi connectivity index (χ3n) is 3.82. The second-order valence-electron chi connectivity index (χ2n) is 5.08. The number of carbonyl (C=O) groups is 1. The van der Waals surface area contributed by atoms with Gasteiger partial charge < -0.3 is 15.7 Å². The molecule has 4 nitrogen and oxygen atoms in total. The van der Waals surface area contributed by atoms with Gasteiger partial charge in [0.1, 0.15) is 0 Å². The lowest BCUT2D eigenvalue weighted by molar-refractivity contribution is -0.136.